The van der Waals surface area contributed by atoms with Gasteiger partial charge in [0.1, 0.15) is 6.61 Å². The molecule has 1 saturated carbocycles. The molecule has 2 fully saturated rings. The highest BCUT2D eigenvalue weighted by molar-refractivity contribution is 7.90. The van der Waals surface area contributed by atoms with E-state index >= 15 is 0 Å². The summed E-state index contributed by atoms with van der Waals surface area (Å²) in [6.07, 6.45) is 1.36. The number of piperidine rings is 1. The van der Waals surface area contributed by atoms with E-state index in [1.807, 2.05) is 61.5 Å². The zero-order valence-electron chi connectivity index (χ0n) is 18.1. The summed E-state index contributed by atoms with van der Waals surface area (Å²) in [4.78, 5) is 26.7. The van der Waals surface area contributed by atoms with Gasteiger partial charge >= 0.3 is 6.09 Å². The monoisotopic (exact) mass is 456 g/mol. The Labute approximate surface area is 188 Å². The van der Waals surface area contributed by atoms with Crippen molar-refractivity contribution in [2.75, 3.05) is 13.1 Å². The molecule has 2 aliphatic rings. The normalized spacial score (nSPS) is 18.1. The van der Waals surface area contributed by atoms with Crippen molar-refractivity contribution in [3.8, 4) is 0 Å². The van der Waals surface area contributed by atoms with Crippen molar-refractivity contribution >= 4 is 22.0 Å². The van der Waals surface area contributed by atoms with E-state index in [4.69, 9.17) is 4.74 Å². The Morgan fingerprint density at radius 3 is 2.25 bits per heavy atom. The second kappa shape index (κ2) is 8.94. The number of likely N-dealkylation sites (tertiary alicyclic amines) is 1. The smallest absolute Gasteiger partial charge is 0.410 e. The summed E-state index contributed by atoms with van der Waals surface area (Å²) in [7, 11) is -3.82. The van der Waals surface area contributed by atoms with Gasteiger partial charge in [-0.2, -0.15) is 0 Å². The number of aryl methyl sites for hydroxylation is 1. The maximum absolute atomic E-state index is 12.9. The van der Waals surface area contributed by atoms with E-state index in [1.165, 1.54) is 4.90 Å². The van der Waals surface area contributed by atoms with Crippen LogP contribution in [0.15, 0.2) is 54.6 Å². The van der Waals surface area contributed by atoms with Crippen LogP contribution in [0, 0.1) is 6.92 Å². The highest BCUT2D eigenvalue weighted by Crippen LogP contribution is 2.48. The highest BCUT2D eigenvalue weighted by atomic mass is 32.2. The van der Waals surface area contributed by atoms with Crippen molar-refractivity contribution in [3.63, 3.8) is 0 Å². The number of sulfonamides is 1. The van der Waals surface area contributed by atoms with Crippen LogP contribution >= 0.6 is 0 Å². The number of carbonyl (C=O) groups is 2. The first-order valence-corrected chi connectivity index (χ1v) is 12.4. The van der Waals surface area contributed by atoms with E-state index in [0.29, 0.717) is 12.8 Å². The molecule has 0 radical (unpaired) electrons. The number of hydrogen-bond donors (Lipinski definition) is 1. The Bertz CT molecular complexity index is 1070. The van der Waals surface area contributed by atoms with Crippen LogP contribution in [0.4, 0.5) is 4.79 Å². The van der Waals surface area contributed by atoms with Gasteiger partial charge in [0.05, 0.1) is 10.7 Å². The van der Waals surface area contributed by atoms with Gasteiger partial charge in [0.2, 0.25) is 15.9 Å². The number of amides is 2. The number of benzene rings is 2. The predicted octanol–water partition coefficient (Wildman–Crippen LogP) is 3.27. The van der Waals surface area contributed by atoms with E-state index in [-0.39, 0.29) is 32.5 Å². The van der Waals surface area contributed by atoms with Crippen LogP contribution in [0.5, 0.6) is 0 Å². The summed E-state index contributed by atoms with van der Waals surface area (Å²) in [6.45, 7) is 2.69. The summed E-state index contributed by atoms with van der Waals surface area (Å²) < 4.78 is 33.4. The molecule has 2 amide bonds. The molecule has 0 bridgehead atoms. The van der Waals surface area contributed by atoms with Crippen molar-refractivity contribution in [2.45, 2.75) is 49.9 Å². The van der Waals surface area contributed by atoms with E-state index in [9.17, 15) is 18.0 Å². The minimum Gasteiger partial charge on any atom is -0.445 e. The van der Waals surface area contributed by atoms with Gasteiger partial charge in [-0.1, -0.05) is 60.2 Å². The Morgan fingerprint density at radius 1 is 1.03 bits per heavy atom. The van der Waals surface area contributed by atoms with Crippen LogP contribution in [-0.2, 0) is 31.6 Å². The van der Waals surface area contributed by atoms with Crippen LogP contribution in [0.2, 0.25) is 0 Å². The third kappa shape index (κ3) is 4.80. The van der Waals surface area contributed by atoms with E-state index in [0.717, 1.165) is 16.7 Å². The average Bonchev–Trinajstić information content (AvgIpc) is 3.61. The predicted molar refractivity (Wildman–Crippen MR) is 120 cm³/mol. The van der Waals surface area contributed by atoms with Crippen molar-refractivity contribution in [3.05, 3.63) is 71.3 Å². The summed E-state index contributed by atoms with van der Waals surface area (Å²) in [5.41, 5.74) is 2.09. The van der Waals surface area contributed by atoms with E-state index in [1.54, 1.807) is 0 Å². The Morgan fingerprint density at radius 2 is 1.66 bits per heavy atom. The minimum atomic E-state index is -3.82. The lowest BCUT2D eigenvalue weighted by Crippen LogP contribution is -2.48. The molecule has 1 N–H and O–H groups in total. The maximum Gasteiger partial charge on any atom is 0.410 e. The van der Waals surface area contributed by atoms with Gasteiger partial charge < -0.3 is 9.64 Å². The molecule has 2 aromatic carbocycles. The maximum atomic E-state index is 12.9. The third-order valence-corrected chi connectivity index (χ3v) is 8.19. The standard InChI is InChI=1S/C24H28N2O5S/c1-18-7-9-20(10-8-18)24(13-14-24)22(27)25-32(29,30)21-11-15-26(16-12-21)23(28)31-17-19-5-3-2-4-6-19/h2-10,21H,11-17H2,1H3,(H,25,27). The van der Waals surface area contributed by atoms with Crippen molar-refractivity contribution in [2.24, 2.45) is 0 Å². The zero-order chi connectivity index (χ0) is 22.8. The molecule has 2 aromatic rings. The molecule has 170 valence electrons. The molecule has 4 rings (SSSR count). The molecular formula is C24H28N2O5S. The topological polar surface area (TPSA) is 92.8 Å². The van der Waals surface area contributed by atoms with Gasteiger partial charge in [0.15, 0.2) is 0 Å². The number of carbonyl (C=O) groups excluding carboxylic acids is 2. The summed E-state index contributed by atoms with van der Waals surface area (Å²) in [6, 6.07) is 17.0. The van der Waals surface area contributed by atoms with Gasteiger partial charge in [0, 0.05) is 13.1 Å². The summed E-state index contributed by atoms with van der Waals surface area (Å²) >= 11 is 0. The Kier molecular flexibility index (Phi) is 6.24. The molecule has 0 atom stereocenters. The van der Waals surface area contributed by atoms with E-state index in [2.05, 4.69) is 4.72 Å². The minimum absolute atomic E-state index is 0.176. The van der Waals surface area contributed by atoms with E-state index < -0.39 is 32.7 Å². The van der Waals surface area contributed by atoms with Gasteiger partial charge in [-0.15, -0.1) is 0 Å². The molecule has 1 saturated heterocycles. The van der Waals surface area contributed by atoms with Crippen LogP contribution in [0.3, 0.4) is 0 Å². The summed E-state index contributed by atoms with van der Waals surface area (Å²) in [5.74, 6) is -0.453. The molecule has 32 heavy (non-hydrogen) atoms. The first-order chi connectivity index (χ1) is 15.3. The Hall–Kier alpha value is -2.87. The fraction of sp³-hybridized carbons (Fsp3) is 0.417. The molecule has 1 aliphatic carbocycles. The molecule has 0 aromatic heterocycles. The number of rotatable bonds is 6. The first kappa shape index (κ1) is 22.3. The molecule has 7 nitrogen and oxygen atoms in total. The lowest BCUT2D eigenvalue weighted by Gasteiger charge is -2.31. The fourth-order valence-electron chi connectivity index (χ4n) is 4.11. The Balaban J connectivity index is 1.30. The fourth-order valence-corrected chi connectivity index (χ4v) is 5.57. The molecule has 0 spiro atoms. The van der Waals surface area contributed by atoms with Gasteiger partial charge in [-0.3, -0.25) is 9.52 Å². The quantitative estimate of drug-likeness (QED) is 0.720. The lowest BCUT2D eigenvalue weighted by atomic mass is 9.95. The van der Waals surface area contributed by atoms with Crippen LogP contribution < -0.4 is 4.72 Å². The van der Waals surface area contributed by atoms with Crippen LogP contribution in [0.1, 0.15) is 42.4 Å². The van der Waals surface area contributed by atoms with Crippen LogP contribution in [0.25, 0.3) is 0 Å². The second-order valence-electron chi connectivity index (χ2n) is 8.65. The molecule has 1 heterocycles. The van der Waals surface area contributed by atoms with Gasteiger partial charge in [-0.25, -0.2) is 13.2 Å². The lowest BCUT2D eigenvalue weighted by molar-refractivity contribution is -0.121. The SMILES string of the molecule is Cc1ccc(C2(C(=O)NS(=O)(=O)C3CCN(C(=O)OCc4ccccc4)CC3)CC2)cc1. The second-order valence-corrected chi connectivity index (χ2v) is 10.6. The average molecular weight is 457 g/mol. The van der Waals surface area contributed by atoms with Gasteiger partial charge in [-0.05, 0) is 43.7 Å². The van der Waals surface area contributed by atoms with Crippen LogP contribution in [-0.4, -0.2) is 43.7 Å². The summed E-state index contributed by atoms with van der Waals surface area (Å²) in [5, 5.41) is -0.710. The number of nitrogens with zero attached hydrogens (tertiary/aromatic N) is 1. The highest BCUT2D eigenvalue weighted by Gasteiger charge is 2.52. The van der Waals surface area contributed by atoms with Crippen molar-refractivity contribution in [1.82, 2.24) is 9.62 Å². The first-order valence-electron chi connectivity index (χ1n) is 10.9. The molecular weight excluding hydrogens is 428 g/mol. The molecule has 1 aliphatic heterocycles. The molecule has 8 heteroatoms. The number of ether oxygens (including phenoxy) is 1. The molecule has 0 unspecified atom stereocenters. The third-order valence-electron chi connectivity index (χ3n) is 6.37. The van der Waals surface area contributed by atoms with Gasteiger partial charge in [0.25, 0.3) is 0 Å². The zero-order valence-corrected chi connectivity index (χ0v) is 18.9. The number of hydrogen-bond acceptors (Lipinski definition) is 5. The van der Waals surface area contributed by atoms with Crippen molar-refractivity contribution in [1.29, 1.82) is 0 Å². The van der Waals surface area contributed by atoms with Crippen molar-refractivity contribution < 1.29 is 22.7 Å². The largest absolute Gasteiger partial charge is 0.445 e. The number of nitrogens with one attached hydrogen (secondary N) is 1.